The van der Waals surface area contributed by atoms with Crippen LogP contribution >= 0.6 is 0 Å². The van der Waals surface area contributed by atoms with Crippen molar-refractivity contribution in [3.8, 4) is 0 Å². The summed E-state index contributed by atoms with van der Waals surface area (Å²) in [5.74, 6) is -1.53. The number of halogens is 2. The van der Waals surface area contributed by atoms with E-state index in [-0.39, 0.29) is 11.4 Å². The average Bonchev–Trinajstić information content (AvgIpc) is 3.46. The molecule has 0 saturated carbocycles. The van der Waals surface area contributed by atoms with Gasteiger partial charge >= 0.3 is 6.02 Å². The highest BCUT2D eigenvalue weighted by atomic mass is 19.2. The molecule has 1 atom stereocenters. The number of nitrogens with zero attached hydrogens (tertiary/aromatic N) is 4. The average molecular weight is 456 g/mol. The van der Waals surface area contributed by atoms with E-state index >= 15 is 4.39 Å². The molecule has 10 heteroatoms. The van der Waals surface area contributed by atoms with Crippen molar-refractivity contribution in [3.63, 3.8) is 0 Å². The molecule has 1 saturated heterocycles. The highest BCUT2D eigenvalue weighted by Gasteiger charge is 2.29. The Labute approximate surface area is 190 Å². The molecule has 1 unspecified atom stereocenters. The molecule has 2 aromatic heterocycles. The van der Waals surface area contributed by atoms with Gasteiger partial charge < -0.3 is 25.7 Å². The van der Waals surface area contributed by atoms with E-state index in [2.05, 4.69) is 36.9 Å². The summed E-state index contributed by atoms with van der Waals surface area (Å²) < 4.78 is 34.8. The summed E-state index contributed by atoms with van der Waals surface area (Å²) >= 11 is 0. The number of methoxy groups -OCH3 is 1. The molecule has 1 fully saturated rings. The molecule has 8 nitrogen and oxygen atoms in total. The fourth-order valence-electron chi connectivity index (χ4n) is 4.36. The van der Waals surface area contributed by atoms with Gasteiger partial charge in [0.2, 0.25) is 0 Å². The summed E-state index contributed by atoms with van der Waals surface area (Å²) in [5, 5.41) is 3.62. The Morgan fingerprint density at radius 1 is 1.45 bits per heavy atom. The molecule has 0 aliphatic carbocycles. The molecule has 0 bridgehead atoms. The van der Waals surface area contributed by atoms with Crippen LogP contribution in [0.25, 0.3) is 27.5 Å². The van der Waals surface area contributed by atoms with Gasteiger partial charge in [-0.05, 0) is 38.1 Å². The number of nitrogens with two attached hydrogens (primary N) is 1. The number of benzene rings is 1. The van der Waals surface area contributed by atoms with Crippen LogP contribution in [0.15, 0.2) is 28.4 Å². The smallest absolute Gasteiger partial charge is 0.315 e. The van der Waals surface area contributed by atoms with Gasteiger partial charge in [0.05, 0.1) is 34.8 Å². The van der Waals surface area contributed by atoms with Gasteiger partial charge in [-0.25, -0.2) is 23.7 Å². The summed E-state index contributed by atoms with van der Waals surface area (Å²) in [7, 11) is 3.12. The fraction of sp³-hybridized carbons (Fsp3) is 0.348. The number of H-pyrrole nitrogens is 1. The number of ether oxygens (including phenoxy) is 1. The number of nitrogens with one attached hydrogen (secondary N) is 2. The van der Waals surface area contributed by atoms with E-state index in [9.17, 15) is 4.39 Å². The van der Waals surface area contributed by atoms with E-state index in [1.807, 2.05) is 6.92 Å². The standard InChI is InChI=1S/C23H27F2N7O/c1-12(9-30-23(28-3)33-4)14-10-29-22-18(21(14)32-6-5-13(8-26)11-32)17-19(25)15(24)7-16(27-2)20(17)31-22/h7,9-10,13,27H,3,5-6,8,11,26H2,1-2,4H3,(H,29,31)/b12-9+,30-23?. The third-order valence-electron chi connectivity index (χ3n) is 6.08. The zero-order chi connectivity index (χ0) is 23.7. The second-order valence-electron chi connectivity index (χ2n) is 8.01. The lowest BCUT2D eigenvalue weighted by atomic mass is 10.0. The number of hydrogen-bond donors (Lipinski definition) is 3. The minimum Gasteiger partial charge on any atom is -0.467 e. The van der Waals surface area contributed by atoms with Gasteiger partial charge in [-0.15, -0.1) is 0 Å². The predicted octanol–water partition coefficient (Wildman–Crippen LogP) is 3.88. The van der Waals surface area contributed by atoms with Crippen molar-refractivity contribution in [1.82, 2.24) is 9.97 Å². The Morgan fingerprint density at radius 2 is 2.24 bits per heavy atom. The van der Waals surface area contributed by atoms with E-state index < -0.39 is 11.6 Å². The third-order valence-corrected chi connectivity index (χ3v) is 6.08. The normalized spacial score (nSPS) is 17.3. The van der Waals surface area contributed by atoms with Crippen LogP contribution in [0, 0.1) is 17.6 Å². The van der Waals surface area contributed by atoms with Gasteiger partial charge in [0, 0.05) is 44.2 Å². The first-order chi connectivity index (χ1) is 15.9. The van der Waals surface area contributed by atoms with Gasteiger partial charge in [0.25, 0.3) is 0 Å². The van der Waals surface area contributed by atoms with E-state index in [1.165, 1.54) is 7.11 Å². The van der Waals surface area contributed by atoms with Crippen LogP contribution in [-0.2, 0) is 4.74 Å². The van der Waals surface area contributed by atoms with Crippen LogP contribution < -0.4 is 16.0 Å². The summed E-state index contributed by atoms with van der Waals surface area (Å²) in [6, 6.07) is 1.26. The van der Waals surface area contributed by atoms with Crippen LogP contribution in [-0.4, -0.2) is 56.5 Å². The molecule has 1 aliphatic heterocycles. The number of rotatable bonds is 5. The highest BCUT2D eigenvalue weighted by Crippen LogP contribution is 2.43. The van der Waals surface area contributed by atoms with E-state index in [0.717, 1.165) is 35.9 Å². The summed E-state index contributed by atoms with van der Waals surface area (Å²) in [6.07, 6.45) is 4.22. The molecule has 1 aliphatic rings. The highest BCUT2D eigenvalue weighted by molar-refractivity contribution is 6.17. The quantitative estimate of drug-likeness (QED) is 0.400. The maximum absolute atomic E-state index is 15.2. The number of aromatic amines is 1. The lowest BCUT2D eigenvalue weighted by Gasteiger charge is -2.23. The number of allylic oxidation sites excluding steroid dienone is 1. The Balaban J connectivity index is 2.05. The summed E-state index contributed by atoms with van der Waals surface area (Å²) in [6.45, 7) is 7.30. The van der Waals surface area contributed by atoms with E-state index in [4.69, 9.17) is 10.5 Å². The van der Waals surface area contributed by atoms with Crippen LogP contribution in [0.4, 0.5) is 20.2 Å². The lowest BCUT2D eigenvalue weighted by molar-refractivity contribution is 0.397. The first-order valence-corrected chi connectivity index (χ1v) is 10.6. The number of aliphatic imine (C=N–C) groups is 2. The number of hydrogen-bond acceptors (Lipinski definition) is 6. The van der Waals surface area contributed by atoms with Gasteiger partial charge in [-0.1, -0.05) is 0 Å². The van der Waals surface area contributed by atoms with Crippen molar-refractivity contribution in [2.24, 2.45) is 21.6 Å². The molecule has 3 aromatic rings. The fourth-order valence-corrected chi connectivity index (χ4v) is 4.36. The SMILES string of the molecule is C=NC(=N/C=C(\C)c1cnc2[nH]c3c(NC)cc(F)c(F)c3c2c1N1CCC(CN)C1)OC. The molecule has 0 radical (unpaired) electrons. The summed E-state index contributed by atoms with van der Waals surface area (Å²) in [5.41, 5.74) is 9.59. The first-order valence-electron chi connectivity index (χ1n) is 10.6. The molecule has 1 aromatic carbocycles. The van der Waals surface area contributed by atoms with Crippen molar-refractivity contribution >= 4 is 51.6 Å². The van der Waals surface area contributed by atoms with Crippen LogP contribution in [0.2, 0.25) is 0 Å². The number of aromatic nitrogens is 2. The molecule has 4 N–H and O–H groups in total. The molecular weight excluding hydrogens is 428 g/mol. The van der Waals surface area contributed by atoms with Crippen LogP contribution in [0.3, 0.4) is 0 Å². The molecule has 174 valence electrons. The molecule has 0 amide bonds. The van der Waals surface area contributed by atoms with Gasteiger partial charge in [0.15, 0.2) is 11.6 Å². The van der Waals surface area contributed by atoms with Crippen molar-refractivity contribution in [1.29, 1.82) is 0 Å². The van der Waals surface area contributed by atoms with Crippen molar-refractivity contribution in [2.45, 2.75) is 13.3 Å². The Kier molecular flexibility index (Phi) is 6.28. The van der Waals surface area contributed by atoms with Gasteiger partial charge in [-0.2, -0.15) is 0 Å². The molecule has 3 heterocycles. The molecule has 0 spiro atoms. The van der Waals surface area contributed by atoms with E-state index in [0.29, 0.717) is 41.2 Å². The van der Waals surface area contributed by atoms with Crippen molar-refractivity contribution in [3.05, 3.63) is 35.7 Å². The monoisotopic (exact) mass is 455 g/mol. The molecule has 4 rings (SSSR count). The second kappa shape index (κ2) is 9.14. The Morgan fingerprint density at radius 3 is 2.88 bits per heavy atom. The molecular formula is C23H27F2N7O. The van der Waals surface area contributed by atoms with Crippen LogP contribution in [0.1, 0.15) is 18.9 Å². The lowest BCUT2D eigenvalue weighted by Crippen LogP contribution is -2.24. The van der Waals surface area contributed by atoms with Crippen LogP contribution in [0.5, 0.6) is 0 Å². The Hall–Kier alpha value is -3.53. The van der Waals surface area contributed by atoms with Crippen molar-refractivity contribution < 1.29 is 13.5 Å². The van der Waals surface area contributed by atoms with Gasteiger partial charge in [0.1, 0.15) is 5.65 Å². The minimum absolute atomic E-state index is 0.119. The topological polar surface area (TPSA) is 104 Å². The zero-order valence-corrected chi connectivity index (χ0v) is 18.9. The van der Waals surface area contributed by atoms with E-state index in [1.54, 1.807) is 19.4 Å². The summed E-state index contributed by atoms with van der Waals surface area (Å²) in [4.78, 5) is 17.8. The number of fused-ring (bicyclic) bond motifs is 3. The maximum atomic E-state index is 15.2. The Bertz CT molecular complexity index is 1280. The minimum atomic E-state index is -0.927. The first kappa shape index (κ1) is 22.7. The zero-order valence-electron chi connectivity index (χ0n) is 18.9. The third kappa shape index (κ3) is 3.91. The number of anilines is 2. The largest absolute Gasteiger partial charge is 0.467 e. The number of amidine groups is 1. The van der Waals surface area contributed by atoms with Gasteiger partial charge in [-0.3, -0.25) is 0 Å². The predicted molar refractivity (Wildman–Crippen MR) is 130 cm³/mol. The maximum Gasteiger partial charge on any atom is 0.315 e. The van der Waals surface area contributed by atoms with Crippen molar-refractivity contribution in [2.75, 3.05) is 44.0 Å². The number of pyridine rings is 1. The molecule has 33 heavy (non-hydrogen) atoms. The second-order valence-corrected chi connectivity index (χ2v) is 8.01.